The van der Waals surface area contributed by atoms with Gasteiger partial charge in [-0.15, -0.1) is 0 Å². The lowest BCUT2D eigenvalue weighted by atomic mass is 10.3. The molecule has 12 heteroatoms. The smallest absolute Gasteiger partial charge is 0.462 e. The molecule has 0 saturated heterocycles. The Bertz CT molecular complexity index is 944. The van der Waals surface area contributed by atoms with Gasteiger partial charge in [0.2, 0.25) is 0 Å². The molecule has 6 nitrogen and oxygen atoms in total. The van der Waals surface area contributed by atoms with Crippen molar-refractivity contribution < 1.29 is 23.1 Å². The van der Waals surface area contributed by atoms with Gasteiger partial charge < -0.3 is 13.8 Å². The number of carbonyl (C=O) groups excluding carboxylic acids is 1. The van der Waals surface area contributed by atoms with E-state index in [0.29, 0.717) is 11.5 Å². The summed E-state index contributed by atoms with van der Waals surface area (Å²) in [5, 5.41) is 2.73. The second-order valence-electron chi connectivity index (χ2n) is 6.23. The first kappa shape index (κ1) is 27.6. The molecule has 1 unspecified atom stereocenters. The van der Waals surface area contributed by atoms with Gasteiger partial charge in [-0.05, 0) is 146 Å². The van der Waals surface area contributed by atoms with Gasteiger partial charge in [-0.2, -0.15) is 5.09 Å². The first-order valence-corrected chi connectivity index (χ1v) is 15.4. The van der Waals surface area contributed by atoms with Gasteiger partial charge >= 0.3 is 13.7 Å². The Labute approximate surface area is 244 Å². The third-order valence-corrected chi connectivity index (χ3v) is 14.4. The number of hydrogen-bond acceptors (Lipinski definition) is 5. The Balaban J connectivity index is 2.45. The molecule has 0 fully saturated rings. The normalized spacial score (nSPS) is 14.2. The Morgan fingerprint density at radius 1 is 0.867 bits per heavy atom. The van der Waals surface area contributed by atoms with E-state index in [4.69, 9.17) is 13.8 Å². The van der Waals surface area contributed by atoms with E-state index in [1.807, 2.05) is 6.07 Å². The fourth-order valence-corrected chi connectivity index (χ4v) is 8.93. The largest absolute Gasteiger partial charge is 0.513 e. The molecule has 2 atom stereocenters. The van der Waals surface area contributed by atoms with E-state index in [2.05, 4.69) is 118 Å². The third kappa shape index (κ3) is 7.43. The van der Waals surface area contributed by atoms with Crippen LogP contribution in [0.3, 0.4) is 0 Å². The summed E-state index contributed by atoms with van der Waals surface area (Å²) < 4.78 is 35.5. The summed E-state index contributed by atoms with van der Waals surface area (Å²) in [7, 11) is -3.99. The Morgan fingerprint density at radius 3 is 1.87 bits per heavy atom. The maximum atomic E-state index is 13.8. The van der Waals surface area contributed by atoms with E-state index in [1.165, 1.54) is 0 Å². The number of esters is 1. The molecule has 0 radical (unpaired) electrons. The quantitative estimate of drug-likeness (QED) is 0.0993. The predicted molar refractivity (Wildman–Crippen MR) is 159 cm³/mol. The lowest BCUT2D eigenvalue weighted by Gasteiger charge is -2.25. The van der Waals surface area contributed by atoms with Crippen LogP contribution in [0.4, 0.5) is 0 Å². The number of ether oxygens (including phenoxy) is 1. The first-order chi connectivity index (χ1) is 13.9. The summed E-state index contributed by atoms with van der Waals surface area (Å²) in [5.41, 5.74) is 0. The van der Waals surface area contributed by atoms with Crippen LogP contribution in [0.25, 0.3) is 0 Å². The first-order valence-electron chi connectivity index (χ1n) is 8.49. The standard InChI is InChI=1S/C18H17I5NO5P/c1-9(2)27-18(25)10(3)24-30(26,28-11-7-5-4-6-8-11)29-17-15(22)13(20)12(19)14(21)16(17)23/h4-10H,1-3H3,(H,24,26)/t10-,30?/m0/s1. The molecule has 2 aromatic carbocycles. The monoisotopic (exact) mass is 993 g/mol. The SMILES string of the molecule is CC(C)OC(=O)[C@H](C)NP(=O)(Oc1ccccc1)Oc1c(I)c(I)c(I)c(I)c1I. The van der Waals surface area contributed by atoms with E-state index >= 15 is 0 Å². The molecule has 0 aliphatic carbocycles. The van der Waals surface area contributed by atoms with Crippen LogP contribution in [0, 0.1) is 17.9 Å². The molecule has 0 spiro atoms. The van der Waals surface area contributed by atoms with Gasteiger partial charge in [-0.3, -0.25) is 4.79 Å². The van der Waals surface area contributed by atoms with Crippen molar-refractivity contribution in [2.75, 3.05) is 0 Å². The zero-order valence-electron chi connectivity index (χ0n) is 15.9. The van der Waals surface area contributed by atoms with Crippen LogP contribution in [0.2, 0.25) is 0 Å². The van der Waals surface area contributed by atoms with Gasteiger partial charge in [0.1, 0.15) is 11.8 Å². The van der Waals surface area contributed by atoms with Crippen molar-refractivity contribution in [1.82, 2.24) is 5.09 Å². The topological polar surface area (TPSA) is 73.9 Å². The number of rotatable bonds is 8. The molecule has 2 aromatic rings. The molecular weight excluding hydrogens is 976 g/mol. The number of nitrogens with one attached hydrogen (secondary N) is 1. The van der Waals surface area contributed by atoms with Crippen LogP contribution in [0.5, 0.6) is 11.5 Å². The van der Waals surface area contributed by atoms with E-state index in [9.17, 15) is 9.36 Å². The minimum absolute atomic E-state index is 0.293. The second kappa shape index (κ2) is 12.2. The van der Waals surface area contributed by atoms with Gasteiger partial charge in [0.15, 0.2) is 5.75 Å². The van der Waals surface area contributed by atoms with Gasteiger partial charge in [0.25, 0.3) is 0 Å². The van der Waals surface area contributed by atoms with Gasteiger partial charge in [-0.1, -0.05) is 18.2 Å². The highest BCUT2D eigenvalue weighted by Gasteiger charge is 2.36. The highest BCUT2D eigenvalue weighted by Crippen LogP contribution is 2.49. The van der Waals surface area contributed by atoms with E-state index < -0.39 is 19.8 Å². The highest BCUT2D eigenvalue weighted by atomic mass is 127. The number of carbonyl (C=O) groups is 1. The van der Waals surface area contributed by atoms with Crippen molar-refractivity contribution in [3.63, 3.8) is 0 Å². The summed E-state index contributed by atoms with van der Waals surface area (Å²) in [4.78, 5) is 12.3. The van der Waals surface area contributed by atoms with Gasteiger partial charge in [-0.25, -0.2) is 4.57 Å². The van der Waals surface area contributed by atoms with Crippen molar-refractivity contribution in [2.24, 2.45) is 0 Å². The van der Waals surface area contributed by atoms with Crippen LogP contribution in [0.15, 0.2) is 30.3 Å². The summed E-state index contributed by atoms with van der Waals surface area (Å²) >= 11 is 11.1. The average Bonchev–Trinajstić information content (AvgIpc) is 2.68. The number of hydrogen-bond donors (Lipinski definition) is 1. The van der Waals surface area contributed by atoms with Crippen LogP contribution in [0.1, 0.15) is 20.8 Å². The molecule has 2 rings (SSSR count). The molecule has 0 amide bonds. The van der Waals surface area contributed by atoms with E-state index in [0.717, 1.165) is 17.9 Å². The molecule has 0 aliphatic heterocycles. The van der Waals surface area contributed by atoms with Crippen molar-refractivity contribution in [3.8, 4) is 11.5 Å². The van der Waals surface area contributed by atoms with Gasteiger partial charge in [0, 0.05) is 10.7 Å². The second-order valence-corrected chi connectivity index (χ2v) is 13.2. The van der Waals surface area contributed by atoms with Crippen molar-refractivity contribution in [1.29, 1.82) is 0 Å². The fourth-order valence-electron chi connectivity index (χ4n) is 2.10. The van der Waals surface area contributed by atoms with Crippen molar-refractivity contribution in [3.05, 3.63) is 48.2 Å². The van der Waals surface area contributed by atoms with E-state index in [1.54, 1.807) is 45.0 Å². The number of halogens is 5. The average molecular weight is 993 g/mol. The van der Waals surface area contributed by atoms with Crippen LogP contribution in [-0.4, -0.2) is 18.1 Å². The molecule has 0 aromatic heterocycles. The summed E-state index contributed by atoms with van der Waals surface area (Å²) in [5.74, 6) is 0.265. The third-order valence-electron chi connectivity index (χ3n) is 3.41. The zero-order valence-corrected chi connectivity index (χ0v) is 27.6. The van der Waals surface area contributed by atoms with Gasteiger partial charge in [0.05, 0.1) is 13.2 Å². The van der Waals surface area contributed by atoms with Crippen LogP contribution in [-0.2, 0) is 14.1 Å². The maximum absolute atomic E-state index is 13.8. The van der Waals surface area contributed by atoms with Crippen molar-refractivity contribution >= 4 is 127 Å². The molecule has 0 heterocycles. The molecule has 1 N–H and O–H groups in total. The lowest BCUT2D eigenvalue weighted by molar-refractivity contribution is -0.149. The molecule has 0 saturated carbocycles. The molecule has 0 bridgehead atoms. The molecule has 0 aliphatic rings. The summed E-state index contributed by atoms with van der Waals surface area (Å²) in [6.07, 6.45) is -0.293. The zero-order chi connectivity index (χ0) is 22.6. The van der Waals surface area contributed by atoms with Crippen LogP contribution < -0.4 is 14.1 Å². The minimum Gasteiger partial charge on any atom is -0.462 e. The Kier molecular flexibility index (Phi) is 11.2. The molecular formula is C18H17I5NO5P. The van der Waals surface area contributed by atoms with Crippen LogP contribution >= 0.6 is 121 Å². The number of para-hydroxylation sites is 1. The minimum atomic E-state index is -3.99. The van der Waals surface area contributed by atoms with Crippen molar-refractivity contribution in [2.45, 2.75) is 32.9 Å². The number of benzene rings is 2. The molecule has 164 valence electrons. The maximum Gasteiger partial charge on any atom is 0.513 e. The summed E-state index contributed by atoms with van der Waals surface area (Å²) in [6.45, 7) is 5.06. The summed E-state index contributed by atoms with van der Waals surface area (Å²) in [6, 6.07) is 7.79. The fraction of sp³-hybridized carbons (Fsp3) is 0.278. The Morgan fingerprint density at radius 2 is 1.37 bits per heavy atom. The molecule has 30 heavy (non-hydrogen) atoms. The van der Waals surface area contributed by atoms with E-state index in [-0.39, 0.29) is 6.10 Å². The lowest BCUT2D eigenvalue weighted by Crippen LogP contribution is -2.37. The highest BCUT2D eigenvalue weighted by molar-refractivity contribution is 14.1. The Hall–Kier alpha value is 1.35. The predicted octanol–water partition coefficient (Wildman–Crippen LogP) is 7.21.